The lowest BCUT2D eigenvalue weighted by Gasteiger charge is -2.40. The van der Waals surface area contributed by atoms with Crippen molar-refractivity contribution in [1.82, 2.24) is 5.32 Å². The van der Waals surface area contributed by atoms with E-state index in [1.165, 1.54) is 50.9 Å². The number of nitrogens with zero attached hydrogens (tertiary/aromatic N) is 1. The summed E-state index contributed by atoms with van der Waals surface area (Å²) in [4.78, 5) is 2.56. The van der Waals surface area contributed by atoms with E-state index in [0.29, 0.717) is 0 Å². The Morgan fingerprint density at radius 1 is 1.24 bits per heavy atom. The smallest absolute Gasteiger partial charge is 0.0475 e. The molecule has 1 unspecified atom stereocenters. The van der Waals surface area contributed by atoms with Gasteiger partial charge >= 0.3 is 0 Å². The predicted octanol–water partition coefficient (Wildman–Crippen LogP) is 3.11. The van der Waals surface area contributed by atoms with Crippen LogP contribution in [0, 0.1) is 5.92 Å². The van der Waals surface area contributed by atoms with Crippen molar-refractivity contribution in [1.29, 1.82) is 0 Å². The molecule has 3 heteroatoms. The molecule has 0 spiro atoms. The molecule has 0 aromatic carbocycles. The van der Waals surface area contributed by atoms with Gasteiger partial charge in [0.1, 0.15) is 0 Å². The molecule has 1 aliphatic heterocycles. The van der Waals surface area contributed by atoms with Crippen molar-refractivity contribution in [3.8, 4) is 0 Å². The Morgan fingerprint density at radius 3 is 2.88 bits per heavy atom. The average Bonchev–Trinajstić information content (AvgIpc) is 2.94. The molecular weight excluding hydrogens is 228 g/mol. The zero-order chi connectivity index (χ0) is 11.5. The molecule has 94 valence electrons. The van der Waals surface area contributed by atoms with E-state index in [-0.39, 0.29) is 0 Å². The van der Waals surface area contributed by atoms with Crippen molar-refractivity contribution >= 4 is 17.0 Å². The van der Waals surface area contributed by atoms with Crippen LogP contribution in [0.5, 0.6) is 0 Å². The van der Waals surface area contributed by atoms with E-state index in [0.717, 1.165) is 18.5 Å². The molecule has 0 amide bonds. The van der Waals surface area contributed by atoms with E-state index in [9.17, 15) is 0 Å². The zero-order valence-electron chi connectivity index (χ0n) is 10.4. The van der Waals surface area contributed by atoms with E-state index in [2.05, 4.69) is 27.0 Å². The Balaban J connectivity index is 1.63. The van der Waals surface area contributed by atoms with Gasteiger partial charge in [0.25, 0.3) is 0 Å². The standard InChI is InChI=1S/C14H22N2S/c1-2-4-12(5-3-1)14-10-16(8-7-15-14)13-6-9-17-11-13/h6,9,11-12,14-15H,1-5,7-8,10H2. The highest BCUT2D eigenvalue weighted by Crippen LogP contribution is 2.29. The van der Waals surface area contributed by atoms with Crippen molar-refractivity contribution < 1.29 is 0 Å². The van der Waals surface area contributed by atoms with Crippen LogP contribution in [-0.4, -0.2) is 25.7 Å². The van der Waals surface area contributed by atoms with Crippen LogP contribution in [0.3, 0.4) is 0 Å². The first-order valence-corrected chi connectivity index (χ1v) is 7.88. The summed E-state index contributed by atoms with van der Waals surface area (Å²) in [5.41, 5.74) is 1.43. The number of thiophene rings is 1. The quantitative estimate of drug-likeness (QED) is 0.867. The molecule has 17 heavy (non-hydrogen) atoms. The maximum atomic E-state index is 3.74. The molecule has 3 rings (SSSR count). The summed E-state index contributed by atoms with van der Waals surface area (Å²) in [7, 11) is 0. The fourth-order valence-corrected chi connectivity index (χ4v) is 3.97. The van der Waals surface area contributed by atoms with Gasteiger partial charge in [-0.3, -0.25) is 0 Å². The molecule has 2 fully saturated rings. The van der Waals surface area contributed by atoms with Gasteiger partial charge in [-0.1, -0.05) is 19.3 Å². The molecule has 2 heterocycles. The lowest BCUT2D eigenvalue weighted by Crippen LogP contribution is -2.54. The Morgan fingerprint density at radius 2 is 2.12 bits per heavy atom. The molecule has 1 saturated heterocycles. The predicted molar refractivity (Wildman–Crippen MR) is 74.9 cm³/mol. The molecule has 2 aliphatic rings. The minimum absolute atomic E-state index is 0.726. The van der Waals surface area contributed by atoms with Crippen LogP contribution in [-0.2, 0) is 0 Å². The summed E-state index contributed by atoms with van der Waals surface area (Å²) in [6.45, 7) is 3.53. The molecule has 1 aromatic heterocycles. The summed E-state index contributed by atoms with van der Waals surface area (Å²) < 4.78 is 0. The molecular formula is C14H22N2S. The minimum atomic E-state index is 0.726. The number of nitrogens with one attached hydrogen (secondary N) is 1. The molecule has 1 aromatic rings. The largest absolute Gasteiger partial charge is 0.368 e. The maximum absolute atomic E-state index is 3.74. The second-order valence-corrected chi connectivity index (χ2v) is 6.17. The third-order valence-corrected chi connectivity index (χ3v) is 4.97. The Hall–Kier alpha value is -0.540. The topological polar surface area (TPSA) is 15.3 Å². The van der Waals surface area contributed by atoms with Gasteiger partial charge in [0.05, 0.1) is 0 Å². The van der Waals surface area contributed by atoms with Crippen molar-refractivity contribution in [3.63, 3.8) is 0 Å². The maximum Gasteiger partial charge on any atom is 0.0475 e. The average molecular weight is 250 g/mol. The summed E-state index contributed by atoms with van der Waals surface area (Å²) in [5.74, 6) is 0.921. The molecule has 1 aliphatic carbocycles. The van der Waals surface area contributed by atoms with E-state index in [1.807, 2.05) is 11.3 Å². The van der Waals surface area contributed by atoms with Crippen molar-refractivity contribution in [2.45, 2.75) is 38.1 Å². The third-order valence-electron chi connectivity index (χ3n) is 4.30. The fourth-order valence-electron chi connectivity index (χ4n) is 3.30. The van der Waals surface area contributed by atoms with Crippen LogP contribution >= 0.6 is 11.3 Å². The van der Waals surface area contributed by atoms with Crippen LogP contribution in [0.2, 0.25) is 0 Å². The molecule has 2 nitrogen and oxygen atoms in total. The molecule has 0 radical (unpaired) electrons. The Bertz CT molecular complexity index is 330. The van der Waals surface area contributed by atoms with Crippen molar-refractivity contribution in [2.24, 2.45) is 5.92 Å². The Kier molecular flexibility index (Phi) is 3.67. The molecule has 1 saturated carbocycles. The van der Waals surface area contributed by atoms with Gasteiger partial charge in [-0.25, -0.2) is 0 Å². The van der Waals surface area contributed by atoms with E-state index in [1.54, 1.807) is 0 Å². The highest BCUT2D eigenvalue weighted by atomic mass is 32.1. The third kappa shape index (κ3) is 2.66. The fraction of sp³-hybridized carbons (Fsp3) is 0.714. The number of rotatable bonds is 2. The Labute approximate surface area is 108 Å². The summed E-state index contributed by atoms with van der Waals surface area (Å²) in [6, 6.07) is 2.98. The van der Waals surface area contributed by atoms with Crippen LogP contribution < -0.4 is 10.2 Å². The second kappa shape index (κ2) is 5.40. The van der Waals surface area contributed by atoms with Gasteiger partial charge < -0.3 is 10.2 Å². The second-order valence-electron chi connectivity index (χ2n) is 5.39. The van der Waals surface area contributed by atoms with Crippen LogP contribution in [0.4, 0.5) is 5.69 Å². The monoisotopic (exact) mass is 250 g/mol. The van der Waals surface area contributed by atoms with Gasteiger partial charge in [-0.05, 0) is 30.2 Å². The lowest BCUT2D eigenvalue weighted by atomic mass is 9.83. The lowest BCUT2D eigenvalue weighted by molar-refractivity contribution is 0.257. The first-order valence-electron chi connectivity index (χ1n) is 6.94. The highest BCUT2D eigenvalue weighted by Gasteiger charge is 2.28. The number of anilines is 1. The normalized spacial score (nSPS) is 27.3. The number of piperazine rings is 1. The minimum Gasteiger partial charge on any atom is -0.368 e. The number of hydrogen-bond acceptors (Lipinski definition) is 3. The van der Waals surface area contributed by atoms with Crippen molar-refractivity contribution in [3.05, 3.63) is 16.8 Å². The summed E-state index contributed by atoms with van der Waals surface area (Å²) in [6.07, 6.45) is 7.23. The van der Waals surface area contributed by atoms with Crippen molar-refractivity contribution in [2.75, 3.05) is 24.5 Å². The first kappa shape index (κ1) is 11.5. The van der Waals surface area contributed by atoms with Gasteiger partial charge in [0, 0.05) is 36.7 Å². The molecule has 1 N–H and O–H groups in total. The van der Waals surface area contributed by atoms with Gasteiger partial charge in [-0.2, -0.15) is 11.3 Å². The van der Waals surface area contributed by atoms with E-state index < -0.39 is 0 Å². The van der Waals surface area contributed by atoms with E-state index in [4.69, 9.17) is 0 Å². The van der Waals surface area contributed by atoms with E-state index >= 15 is 0 Å². The van der Waals surface area contributed by atoms with Gasteiger partial charge in [-0.15, -0.1) is 0 Å². The summed E-state index contributed by atoms with van der Waals surface area (Å²) >= 11 is 1.81. The van der Waals surface area contributed by atoms with Gasteiger partial charge in [0.15, 0.2) is 0 Å². The van der Waals surface area contributed by atoms with Gasteiger partial charge in [0.2, 0.25) is 0 Å². The zero-order valence-corrected chi connectivity index (χ0v) is 11.2. The van der Waals surface area contributed by atoms with Crippen LogP contribution in [0.25, 0.3) is 0 Å². The molecule has 0 bridgehead atoms. The number of hydrogen-bond donors (Lipinski definition) is 1. The van der Waals surface area contributed by atoms with Crippen LogP contribution in [0.15, 0.2) is 16.8 Å². The highest BCUT2D eigenvalue weighted by molar-refractivity contribution is 7.08. The molecule has 1 atom stereocenters. The SMILES string of the molecule is c1cc(N2CCNC(C3CCCCC3)C2)cs1. The summed E-state index contributed by atoms with van der Waals surface area (Å²) in [5, 5.41) is 8.21. The van der Waals surface area contributed by atoms with Crippen LogP contribution in [0.1, 0.15) is 32.1 Å². The first-order chi connectivity index (χ1) is 8.43.